The molecule has 0 aliphatic carbocycles. The molecule has 1 unspecified atom stereocenters. The number of halogens is 1. The van der Waals surface area contributed by atoms with Gasteiger partial charge >= 0.3 is 0 Å². The summed E-state index contributed by atoms with van der Waals surface area (Å²) in [6.45, 7) is 7.09. The van der Waals surface area contributed by atoms with E-state index < -0.39 is 0 Å². The molecule has 0 saturated heterocycles. The molecule has 1 heterocycles. The minimum absolute atomic E-state index is 0.207. The van der Waals surface area contributed by atoms with Crippen molar-refractivity contribution >= 4 is 11.6 Å². The van der Waals surface area contributed by atoms with E-state index in [4.69, 9.17) is 16.3 Å². The van der Waals surface area contributed by atoms with Crippen molar-refractivity contribution in [2.75, 3.05) is 26.8 Å². The molecule has 0 aliphatic heterocycles. The third-order valence-corrected chi connectivity index (χ3v) is 3.70. The van der Waals surface area contributed by atoms with Gasteiger partial charge in [-0.15, -0.1) is 0 Å². The quantitative estimate of drug-likeness (QED) is 0.738. The first-order valence-corrected chi connectivity index (χ1v) is 6.77. The van der Waals surface area contributed by atoms with Crippen LogP contribution in [0.5, 0.6) is 0 Å². The second kappa shape index (κ2) is 7.72. The minimum Gasteiger partial charge on any atom is -0.383 e. The van der Waals surface area contributed by atoms with Gasteiger partial charge in [0.1, 0.15) is 0 Å². The predicted molar refractivity (Wildman–Crippen MR) is 76.1 cm³/mol. The first kappa shape index (κ1) is 15.4. The van der Waals surface area contributed by atoms with Gasteiger partial charge in [-0.3, -0.25) is 4.98 Å². The Morgan fingerprint density at radius 3 is 2.89 bits per heavy atom. The van der Waals surface area contributed by atoms with Gasteiger partial charge < -0.3 is 10.1 Å². The number of rotatable bonds is 8. The van der Waals surface area contributed by atoms with E-state index in [2.05, 4.69) is 24.1 Å². The Bertz CT molecular complexity index is 359. The number of methoxy groups -OCH3 is 1. The zero-order valence-electron chi connectivity index (χ0n) is 11.5. The maximum Gasteiger partial charge on any atom is 0.0621 e. The predicted octanol–water partition coefficient (Wildman–Crippen LogP) is 2.93. The Morgan fingerprint density at radius 2 is 2.28 bits per heavy atom. The monoisotopic (exact) mass is 270 g/mol. The highest BCUT2D eigenvalue weighted by molar-refractivity contribution is 6.31. The highest BCUT2D eigenvalue weighted by atomic mass is 35.5. The molecule has 1 rings (SSSR count). The molecule has 0 bridgehead atoms. The summed E-state index contributed by atoms with van der Waals surface area (Å²) in [6.07, 6.45) is 5.58. The molecule has 3 nitrogen and oxygen atoms in total. The van der Waals surface area contributed by atoms with E-state index in [0.717, 1.165) is 37.6 Å². The van der Waals surface area contributed by atoms with Crippen LogP contribution < -0.4 is 5.32 Å². The zero-order valence-corrected chi connectivity index (χ0v) is 12.3. The molecule has 1 atom stereocenters. The van der Waals surface area contributed by atoms with E-state index >= 15 is 0 Å². The van der Waals surface area contributed by atoms with Gasteiger partial charge in [-0.2, -0.15) is 0 Å². The highest BCUT2D eigenvalue weighted by Gasteiger charge is 2.23. The normalized spacial score (nSPS) is 14.4. The zero-order chi connectivity index (χ0) is 13.4. The number of pyridine rings is 1. The molecule has 0 aliphatic rings. The van der Waals surface area contributed by atoms with E-state index in [9.17, 15) is 0 Å². The van der Waals surface area contributed by atoms with Crippen molar-refractivity contribution in [3.63, 3.8) is 0 Å². The van der Waals surface area contributed by atoms with Crippen molar-refractivity contribution in [2.45, 2.75) is 26.7 Å². The van der Waals surface area contributed by atoms with Crippen LogP contribution in [0.2, 0.25) is 5.02 Å². The number of hydrogen-bond acceptors (Lipinski definition) is 3. The lowest BCUT2D eigenvalue weighted by Gasteiger charge is -2.29. The van der Waals surface area contributed by atoms with E-state index in [-0.39, 0.29) is 5.41 Å². The van der Waals surface area contributed by atoms with Crippen molar-refractivity contribution in [2.24, 2.45) is 5.41 Å². The molecule has 0 fully saturated rings. The van der Waals surface area contributed by atoms with Gasteiger partial charge in [0.25, 0.3) is 0 Å². The third-order valence-electron chi connectivity index (χ3n) is 3.36. The summed E-state index contributed by atoms with van der Waals surface area (Å²) >= 11 is 6.17. The molecule has 0 saturated carbocycles. The van der Waals surface area contributed by atoms with E-state index in [1.807, 2.05) is 6.07 Å². The second-order valence-electron chi connectivity index (χ2n) is 4.98. The second-order valence-corrected chi connectivity index (χ2v) is 5.38. The van der Waals surface area contributed by atoms with Gasteiger partial charge in [-0.25, -0.2) is 0 Å². The minimum atomic E-state index is 0.207. The maximum absolute atomic E-state index is 6.17. The smallest absolute Gasteiger partial charge is 0.0621 e. The summed E-state index contributed by atoms with van der Waals surface area (Å²) in [6, 6.07) is 2.01. The molecule has 0 amide bonds. The number of aromatic nitrogens is 1. The van der Waals surface area contributed by atoms with Crippen LogP contribution in [0, 0.1) is 5.41 Å². The average Bonchev–Trinajstić information content (AvgIpc) is 2.38. The molecule has 1 aromatic rings. The number of hydrogen-bond donors (Lipinski definition) is 1. The summed E-state index contributed by atoms with van der Waals surface area (Å²) in [7, 11) is 1.72. The Hall–Kier alpha value is -0.640. The summed E-state index contributed by atoms with van der Waals surface area (Å²) < 4.78 is 5.04. The van der Waals surface area contributed by atoms with Crippen LogP contribution in [0.4, 0.5) is 0 Å². The molecule has 0 aromatic carbocycles. The molecule has 18 heavy (non-hydrogen) atoms. The SMILES string of the molecule is CCC(C)(CNCCOC)Cc1ccncc1Cl. The fourth-order valence-corrected chi connectivity index (χ4v) is 2.07. The number of nitrogens with zero attached hydrogens (tertiary/aromatic N) is 1. The summed E-state index contributed by atoms with van der Waals surface area (Å²) in [4.78, 5) is 4.02. The fourth-order valence-electron chi connectivity index (χ4n) is 1.88. The maximum atomic E-state index is 6.17. The standard InChI is InChI=1S/C14H23ClN2O/c1-4-14(2,11-17-7-8-18-3)9-12-5-6-16-10-13(12)15/h5-6,10,17H,4,7-9,11H2,1-3H3. The molecule has 0 spiro atoms. The molecule has 0 radical (unpaired) electrons. The number of ether oxygens (including phenoxy) is 1. The van der Waals surface area contributed by atoms with E-state index in [0.29, 0.717) is 0 Å². The molecular formula is C14H23ClN2O. The van der Waals surface area contributed by atoms with Gasteiger partial charge in [0.05, 0.1) is 11.6 Å². The van der Waals surface area contributed by atoms with Crippen LogP contribution in [0.1, 0.15) is 25.8 Å². The Balaban J connectivity index is 2.56. The van der Waals surface area contributed by atoms with Crippen molar-refractivity contribution in [3.05, 3.63) is 29.0 Å². The molecule has 4 heteroatoms. The topological polar surface area (TPSA) is 34.1 Å². The Kier molecular flexibility index (Phi) is 6.61. The van der Waals surface area contributed by atoms with Crippen LogP contribution in [-0.4, -0.2) is 31.8 Å². The first-order chi connectivity index (χ1) is 8.61. The van der Waals surface area contributed by atoms with Gasteiger partial charge in [-0.1, -0.05) is 25.4 Å². The van der Waals surface area contributed by atoms with Crippen LogP contribution in [-0.2, 0) is 11.2 Å². The lowest BCUT2D eigenvalue weighted by molar-refractivity contribution is 0.191. The lowest BCUT2D eigenvalue weighted by Crippen LogP contribution is -2.35. The first-order valence-electron chi connectivity index (χ1n) is 6.39. The fraction of sp³-hybridized carbons (Fsp3) is 0.643. The summed E-state index contributed by atoms with van der Waals surface area (Å²) in [5.74, 6) is 0. The van der Waals surface area contributed by atoms with Crippen molar-refractivity contribution in [1.82, 2.24) is 10.3 Å². The van der Waals surface area contributed by atoms with E-state index in [1.165, 1.54) is 5.56 Å². The molecule has 1 aromatic heterocycles. The highest BCUT2D eigenvalue weighted by Crippen LogP contribution is 2.28. The van der Waals surface area contributed by atoms with Gasteiger partial charge in [0, 0.05) is 32.6 Å². The number of nitrogens with one attached hydrogen (secondary N) is 1. The summed E-state index contributed by atoms with van der Waals surface area (Å²) in [5.41, 5.74) is 1.38. The Labute approximate surface area is 115 Å². The van der Waals surface area contributed by atoms with Gasteiger partial charge in [-0.05, 0) is 29.9 Å². The van der Waals surface area contributed by atoms with Crippen molar-refractivity contribution < 1.29 is 4.74 Å². The average molecular weight is 271 g/mol. The summed E-state index contributed by atoms with van der Waals surface area (Å²) in [5, 5.41) is 4.19. The van der Waals surface area contributed by atoms with Crippen LogP contribution in [0.15, 0.2) is 18.5 Å². The largest absolute Gasteiger partial charge is 0.383 e. The van der Waals surface area contributed by atoms with E-state index in [1.54, 1.807) is 19.5 Å². The lowest BCUT2D eigenvalue weighted by atomic mass is 9.81. The van der Waals surface area contributed by atoms with Gasteiger partial charge in [0.15, 0.2) is 0 Å². The molecular weight excluding hydrogens is 248 g/mol. The Morgan fingerprint density at radius 1 is 1.50 bits per heavy atom. The van der Waals surface area contributed by atoms with Crippen LogP contribution in [0.25, 0.3) is 0 Å². The van der Waals surface area contributed by atoms with Crippen LogP contribution >= 0.6 is 11.6 Å². The third kappa shape index (κ3) is 4.92. The van der Waals surface area contributed by atoms with Crippen LogP contribution in [0.3, 0.4) is 0 Å². The van der Waals surface area contributed by atoms with Gasteiger partial charge in [0.2, 0.25) is 0 Å². The molecule has 102 valence electrons. The van der Waals surface area contributed by atoms with Crippen molar-refractivity contribution in [1.29, 1.82) is 0 Å². The molecule has 1 N–H and O–H groups in total. The van der Waals surface area contributed by atoms with Crippen molar-refractivity contribution in [3.8, 4) is 0 Å².